The van der Waals surface area contributed by atoms with E-state index in [9.17, 15) is 14.0 Å². The number of nitrogens with one attached hydrogen (secondary N) is 1. The van der Waals surface area contributed by atoms with Crippen LogP contribution < -0.4 is 11.0 Å². The lowest BCUT2D eigenvalue weighted by molar-refractivity contribution is 0.0855. The van der Waals surface area contributed by atoms with Crippen LogP contribution in [0.2, 0.25) is 0 Å². The largest absolute Gasteiger partial charge is 0.381 e. The Kier molecular flexibility index (Phi) is 6.88. The zero-order chi connectivity index (χ0) is 31.6. The van der Waals surface area contributed by atoms with Gasteiger partial charge in [0.15, 0.2) is 5.82 Å². The third kappa shape index (κ3) is 4.55. The summed E-state index contributed by atoms with van der Waals surface area (Å²) >= 11 is 0. The number of halogens is 2. The van der Waals surface area contributed by atoms with Gasteiger partial charge < -0.3 is 14.6 Å². The Morgan fingerprint density at radius 1 is 0.978 bits per heavy atom. The molecule has 3 aromatic carbocycles. The number of aromatic nitrogens is 6. The highest BCUT2D eigenvalue weighted by molar-refractivity contribution is 5.95. The smallest absolute Gasteiger partial charge is 0.328 e. The molecule has 3 aromatic heterocycles. The third-order valence-electron chi connectivity index (χ3n) is 8.83. The predicted molar refractivity (Wildman–Crippen MR) is 167 cm³/mol. The van der Waals surface area contributed by atoms with E-state index in [0.29, 0.717) is 35.8 Å². The molecule has 0 saturated carbocycles. The number of carbonyl (C=O) groups excluding carboxylic acids is 1. The highest BCUT2D eigenvalue weighted by atomic mass is 19.1. The van der Waals surface area contributed by atoms with E-state index in [1.807, 2.05) is 22.2 Å². The van der Waals surface area contributed by atoms with Gasteiger partial charge in [-0.15, -0.1) is 0 Å². The lowest BCUT2D eigenvalue weighted by Gasteiger charge is -2.24. The topological polar surface area (TPSA) is 101 Å². The first kappa shape index (κ1) is 28.7. The summed E-state index contributed by atoms with van der Waals surface area (Å²) in [7, 11) is 6.80. The molecule has 0 bridgehead atoms. The van der Waals surface area contributed by atoms with Gasteiger partial charge in [0, 0.05) is 53.0 Å². The van der Waals surface area contributed by atoms with Crippen LogP contribution in [0, 0.1) is 11.6 Å². The fourth-order valence-corrected chi connectivity index (χ4v) is 6.45. The van der Waals surface area contributed by atoms with Crippen LogP contribution in [-0.2, 0) is 25.9 Å². The summed E-state index contributed by atoms with van der Waals surface area (Å²) in [5, 5.41) is 2.40. The number of carbonyl (C=O) groups is 1. The van der Waals surface area contributed by atoms with Crippen LogP contribution in [0.3, 0.4) is 0 Å². The minimum absolute atomic E-state index is 0.128. The van der Waals surface area contributed by atoms with Crippen LogP contribution >= 0.6 is 0 Å². The van der Waals surface area contributed by atoms with E-state index in [0.717, 1.165) is 41.2 Å². The third-order valence-corrected chi connectivity index (χ3v) is 8.83. The van der Waals surface area contributed by atoms with Crippen LogP contribution in [-0.4, -0.2) is 54.4 Å². The van der Waals surface area contributed by atoms with Crippen LogP contribution in [0.15, 0.2) is 59.8 Å². The Bertz CT molecular complexity index is 2200. The SMILES string of the molecule is CNC(=O)c1ccc(-c2cc3nc(-c4cncn4C)n(-c4cc(C5CCOCC5)c5c(c4)n(C)c(=O)n5C)c3cc2F)cc1F. The molecule has 1 fully saturated rings. The first-order valence-corrected chi connectivity index (χ1v) is 14.7. The molecular formula is C33H31F2N7O3. The van der Waals surface area contributed by atoms with Crippen molar-refractivity contribution in [2.45, 2.75) is 18.8 Å². The number of hydrogen-bond acceptors (Lipinski definition) is 5. The first-order chi connectivity index (χ1) is 21.7. The molecule has 230 valence electrons. The lowest BCUT2D eigenvalue weighted by Crippen LogP contribution is -2.20. The maximum atomic E-state index is 16.0. The van der Waals surface area contributed by atoms with E-state index in [1.165, 1.54) is 25.2 Å². The Balaban J connectivity index is 1.49. The lowest BCUT2D eigenvalue weighted by atomic mass is 9.90. The summed E-state index contributed by atoms with van der Waals surface area (Å²) in [5.41, 5.74) is 5.19. The molecule has 10 nitrogen and oxygen atoms in total. The van der Waals surface area contributed by atoms with Gasteiger partial charge in [-0.1, -0.05) is 6.07 Å². The zero-order valence-electron chi connectivity index (χ0n) is 25.3. The Labute approximate surface area is 256 Å². The standard InChI is InChI=1S/C33H31F2N7O3/c1-36-32(43)21-6-5-19(11-24(21)34)22-14-26-27(15-25(22)35)42(31(38-26)29-16-37-17-39(29)2)20-12-23(18-7-9-45-10-8-18)30-28(13-20)40(3)33(44)41(30)4/h5-6,11-18H,7-10H2,1-4H3,(H,36,43). The van der Waals surface area contributed by atoms with Crippen molar-refractivity contribution in [1.29, 1.82) is 0 Å². The number of hydrogen-bond donors (Lipinski definition) is 1. The first-order valence-electron chi connectivity index (χ1n) is 14.7. The molecule has 1 N–H and O–H groups in total. The van der Waals surface area contributed by atoms with Crippen molar-refractivity contribution in [3.63, 3.8) is 0 Å². The second-order valence-corrected chi connectivity index (χ2v) is 11.4. The zero-order valence-corrected chi connectivity index (χ0v) is 25.3. The molecule has 0 aliphatic carbocycles. The molecule has 0 unspecified atom stereocenters. The summed E-state index contributed by atoms with van der Waals surface area (Å²) < 4.78 is 43.5. The normalized spacial score (nSPS) is 14.1. The Morgan fingerprint density at radius 3 is 2.44 bits per heavy atom. The molecule has 0 spiro atoms. The van der Waals surface area contributed by atoms with Gasteiger partial charge in [0.2, 0.25) is 0 Å². The minimum atomic E-state index is -0.755. The maximum absolute atomic E-state index is 16.0. The molecule has 4 heterocycles. The molecule has 6 aromatic rings. The van der Waals surface area contributed by atoms with Crippen molar-refractivity contribution < 1.29 is 18.3 Å². The second kappa shape index (κ2) is 10.8. The van der Waals surface area contributed by atoms with Crippen molar-refractivity contribution in [2.24, 2.45) is 21.1 Å². The van der Waals surface area contributed by atoms with Gasteiger partial charge in [-0.2, -0.15) is 0 Å². The second-order valence-electron chi connectivity index (χ2n) is 11.4. The van der Waals surface area contributed by atoms with Crippen molar-refractivity contribution in [1.82, 2.24) is 33.6 Å². The number of imidazole rings is 3. The van der Waals surface area contributed by atoms with E-state index >= 15 is 4.39 Å². The predicted octanol–water partition coefficient (Wildman–Crippen LogP) is 4.82. The van der Waals surface area contributed by atoms with Crippen molar-refractivity contribution in [3.05, 3.63) is 88.2 Å². The summed E-state index contributed by atoms with van der Waals surface area (Å²) in [5.74, 6) is -1.21. The van der Waals surface area contributed by atoms with Gasteiger partial charge in [-0.25, -0.2) is 23.5 Å². The minimum Gasteiger partial charge on any atom is -0.381 e. The quantitative estimate of drug-likeness (QED) is 0.302. The number of benzene rings is 3. The summed E-state index contributed by atoms with van der Waals surface area (Å²) in [4.78, 5) is 34.4. The van der Waals surface area contributed by atoms with E-state index in [-0.39, 0.29) is 28.3 Å². The van der Waals surface area contributed by atoms with Crippen LogP contribution in [0.5, 0.6) is 0 Å². The number of fused-ring (bicyclic) bond motifs is 2. The molecule has 45 heavy (non-hydrogen) atoms. The Hall–Kier alpha value is -5.10. The van der Waals surface area contributed by atoms with Crippen molar-refractivity contribution in [2.75, 3.05) is 20.3 Å². The summed E-state index contributed by atoms with van der Waals surface area (Å²) in [6, 6.07) is 11.0. The average Bonchev–Trinajstić information content (AvgIpc) is 3.70. The molecular weight excluding hydrogens is 580 g/mol. The Morgan fingerprint density at radius 2 is 1.76 bits per heavy atom. The highest BCUT2D eigenvalue weighted by Gasteiger charge is 2.26. The highest BCUT2D eigenvalue weighted by Crippen LogP contribution is 2.38. The summed E-state index contributed by atoms with van der Waals surface area (Å²) in [6.45, 7) is 1.26. The van der Waals surface area contributed by atoms with Crippen LogP contribution in [0.1, 0.15) is 34.7 Å². The maximum Gasteiger partial charge on any atom is 0.328 e. The van der Waals surface area contributed by atoms with Gasteiger partial charge in [0.05, 0.1) is 45.8 Å². The fourth-order valence-electron chi connectivity index (χ4n) is 6.45. The molecule has 0 radical (unpaired) electrons. The molecule has 1 saturated heterocycles. The number of rotatable bonds is 5. The number of ether oxygens (including phenoxy) is 1. The van der Waals surface area contributed by atoms with Crippen molar-refractivity contribution >= 4 is 28.0 Å². The van der Waals surface area contributed by atoms with E-state index in [2.05, 4.69) is 16.4 Å². The number of amides is 1. The van der Waals surface area contributed by atoms with E-state index in [4.69, 9.17) is 9.72 Å². The number of aryl methyl sites for hydroxylation is 3. The van der Waals surface area contributed by atoms with E-state index in [1.54, 1.807) is 41.8 Å². The number of nitrogens with zero attached hydrogens (tertiary/aromatic N) is 6. The van der Waals surface area contributed by atoms with Crippen LogP contribution in [0.25, 0.3) is 50.4 Å². The molecule has 1 amide bonds. The molecule has 1 aliphatic heterocycles. The average molecular weight is 612 g/mol. The molecule has 0 atom stereocenters. The monoisotopic (exact) mass is 611 g/mol. The van der Waals surface area contributed by atoms with E-state index < -0.39 is 17.5 Å². The van der Waals surface area contributed by atoms with Gasteiger partial charge >= 0.3 is 5.69 Å². The van der Waals surface area contributed by atoms with Crippen molar-refractivity contribution in [3.8, 4) is 28.3 Å². The molecule has 7 rings (SSSR count). The fraction of sp³-hybridized carbons (Fsp3) is 0.273. The van der Waals surface area contributed by atoms with Crippen LogP contribution in [0.4, 0.5) is 8.78 Å². The van der Waals surface area contributed by atoms with Gasteiger partial charge in [-0.05, 0) is 60.2 Å². The molecule has 1 aliphatic rings. The van der Waals surface area contributed by atoms with Gasteiger partial charge in [0.25, 0.3) is 5.91 Å². The van der Waals surface area contributed by atoms with Gasteiger partial charge in [-0.3, -0.25) is 18.5 Å². The molecule has 12 heteroatoms. The van der Waals surface area contributed by atoms with Gasteiger partial charge in [0.1, 0.15) is 17.3 Å². The summed E-state index contributed by atoms with van der Waals surface area (Å²) in [6.07, 6.45) is 4.99.